The van der Waals surface area contributed by atoms with Crippen molar-refractivity contribution in [1.29, 1.82) is 0 Å². The summed E-state index contributed by atoms with van der Waals surface area (Å²) in [5.74, 6) is 1.68. The molecule has 4 rings (SSSR count). The van der Waals surface area contributed by atoms with E-state index < -0.39 is 0 Å². The van der Waals surface area contributed by atoms with Gasteiger partial charge in [-0.2, -0.15) is 0 Å². The van der Waals surface area contributed by atoms with Crippen LogP contribution in [0.5, 0.6) is 0 Å². The molecule has 0 spiro atoms. The number of rotatable bonds is 0. The molecule has 0 unspecified atom stereocenters. The monoisotopic (exact) mass is 148 g/mol. The fourth-order valence-corrected chi connectivity index (χ4v) is 2.70. The highest BCUT2D eigenvalue weighted by atomic mass is 16.3. The molecule has 0 radical (unpaired) electrons. The Hall–Kier alpha value is -0.720. The molecule has 1 aromatic rings. The summed E-state index contributed by atoms with van der Waals surface area (Å²) >= 11 is 0. The van der Waals surface area contributed by atoms with Crippen LogP contribution in [0.25, 0.3) is 0 Å². The molecule has 1 heteroatoms. The van der Waals surface area contributed by atoms with Crippen molar-refractivity contribution in [3.05, 3.63) is 23.7 Å². The Bertz CT molecular complexity index is 240. The van der Waals surface area contributed by atoms with E-state index in [0.29, 0.717) is 0 Å². The van der Waals surface area contributed by atoms with Gasteiger partial charge in [0.2, 0.25) is 0 Å². The molecule has 0 saturated heterocycles. The molecule has 0 aromatic carbocycles. The molecule has 0 amide bonds. The van der Waals surface area contributed by atoms with Crippen molar-refractivity contribution >= 4 is 0 Å². The third-order valence-corrected chi connectivity index (χ3v) is 3.33. The second-order valence-electron chi connectivity index (χ2n) is 3.83. The molecule has 58 valence electrons. The second kappa shape index (κ2) is 1.90. The van der Waals surface area contributed by atoms with E-state index >= 15 is 0 Å². The van der Waals surface area contributed by atoms with Crippen molar-refractivity contribution in [3.63, 3.8) is 0 Å². The predicted molar refractivity (Wildman–Crippen MR) is 42.7 cm³/mol. The summed E-state index contributed by atoms with van der Waals surface area (Å²) in [6.45, 7) is 0. The van der Waals surface area contributed by atoms with Gasteiger partial charge in [-0.1, -0.05) is 0 Å². The van der Waals surface area contributed by atoms with Gasteiger partial charge in [-0.05, 0) is 48.6 Å². The van der Waals surface area contributed by atoms with Crippen LogP contribution in [0, 0.1) is 0 Å². The molecule has 3 aliphatic carbocycles. The van der Waals surface area contributed by atoms with E-state index in [2.05, 4.69) is 0 Å². The third kappa shape index (κ3) is 0.661. The summed E-state index contributed by atoms with van der Waals surface area (Å²) in [4.78, 5) is 0. The van der Waals surface area contributed by atoms with Crippen LogP contribution in [0.4, 0.5) is 0 Å². The van der Waals surface area contributed by atoms with Gasteiger partial charge in [-0.15, -0.1) is 0 Å². The highest BCUT2D eigenvalue weighted by Crippen LogP contribution is 2.49. The Morgan fingerprint density at radius 2 is 1.36 bits per heavy atom. The van der Waals surface area contributed by atoms with Crippen LogP contribution < -0.4 is 0 Å². The minimum Gasteiger partial charge on any atom is -0.472 e. The molecule has 11 heavy (non-hydrogen) atoms. The van der Waals surface area contributed by atoms with E-state index in [1.165, 1.54) is 36.8 Å². The maximum Gasteiger partial charge on any atom is 0.0940 e. The first-order valence-corrected chi connectivity index (χ1v) is 4.51. The summed E-state index contributed by atoms with van der Waals surface area (Å²) in [5, 5.41) is 0. The molecule has 1 aromatic heterocycles. The Morgan fingerprint density at radius 1 is 0.909 bits per heavy atom. The average molecular weight is 148 g/mol. The number of hydrogen-bond acceptors (Lipinski definition) is 1. The summed E-state index contributed by atoms with van der Waals surface area (Å²) in [6, 6.07) is 0. The van der Waals surface area contributed by atoms with E-state index in [9.17, 15) is 0 Å². The zero-order valence-electron chi connectivity index (χ0n) is 6.55. The van der Waals surface area contributed by atoms with Crippen molar-refractivity contribution in [1.82, 2.24) is 0 Å². The maximum absolute atomic E-state index is 5.25. The topological polar surface area (TPSA) is 13.1 Å². The van der Waals surface area contributed by atoms with E-state index in [1.807, 2.05) is 12.5 Å². The second-order valence-corrected chi connectivity index (χ2v) is 3.83. The molecule has 0 N–H and O–H groups in total. The fraction of sp³-hybridized carbons (Fsp3) is 0.600. The molecule has 3 aliphatic rings. The molecular formula is C10H12O. The zero-order chi connectivity index (χ0) is 7.26. The molecule has 2 bridgehead atoms. The zero-order valence-corrected chi connectivity index (χ0v) is 6.55. The van der Waals surface area contributed by atoms with Gasteiger partial charge in [0.1, 0.15) is 0 Å². The normalized spacial score (nSPS) is 33.8. The van der Waals surface area contributed by atoms with Crippen molar-refractivity contribution in [2.75, 3.05) is 0 Å². The van der Waals surface area contributed by atoms with Crippen LogP contribution in [0.15, 0.2) is 16.9 Å². The number of hydrogen-bond donors (Lipinski definition) is 0. The quantitative estimate of drug-likeness (QED) is 0.551. The molecule has 1 saturated carbocycles. The Balaban J connectivity index is 2.19. The Morgan fingerprint density at radius 3 is 1.82 bits per heavy atom. The number of fused-ring (bicyclic) bond motifs is 2. The van der Waals surface area contributed by atoms with Crippen molar-refractivity contribution in [2.45, 2.75) is 37.5 Å². The summed E-state index contributed by atoms with van der Waals surface area (Å²) in [6.07, 6.45) is 9.53. The van der Waals surface area contributed by atoms with Gasteiger partial charge in [0, 0.05) is 0 Å². The van der Waals surface area contributed by atoms with Crippen molar-refractivity contribution in [3.8, 4) is 0 Å². The van der Waals surface area contributed by atoms with Crippen LogP contribution in [-0.2, 0) is 0 Å². The minimum atomic E-state index is 0.841. The molecule has 0 aliphatic heterocycles. The summed E-state index contributed by atoms with van der Waals surface area (Å²) in [7, 11) is 0. The van der Waals surface area contributed by atoms with Gasteiger partial charge in [0.05, 0.1) is 12.5 Å². The third-order valence-electron chi connectivity index (χ3n) is 3.33. The van der Waals surface area contributed by atoms with Crippen LogP contribution in [0.3, 0.4) is 0 Å². The molecule has 0 atom stereocenters. The van der Waals surface area contributed by atoms with Gasteiger partial charge in [-0.3, -0.25) is 0 Å². The SMILES string of the molecule is c1occ2c1C1CCC2CC1. The van der Waals surface area contributed by atoms with E-state index in [1.54, 1.807) is 0 Å². The smallest absolute Gasteiger partial charge is 0.0940 e. The highest BCUT2D eigenvalue weighted by Gasteiger charge is 2.33. The first-order chi connectivity index (χ1) is 5.45. The average Bonchev–Trinajstić information content (AvgIpc) is 2.55. The lowest BCUT2D eigenvalue weighted by Gasteiger charge is -2.35. The molecular weight excluding hydrogens is 136 g/mol. The largest absolute Gasteiger partial charge is 0.472 e. The standard InChI is InChI=1S/C10H12O/c1-2-8-4-3-7(1)9-5-11-6-10(8)9/h5-8H,1-4H2. The Labute approximate surface area is 66.4 Å². The van der Waals surface area contributed by atoms with E-state index in [0.717, 1.165) is 11.8 Å². The van der Waals surface area contributed by atoms with Gasteiger partial charge >= 0.3 is 0 Å². The summed E-state index contributed by atoms with van der Waals surface area (Å²) in [5.41, 5.74) is 3.04. The molecule has 1 heterocycles. The van der Waals surface area contributed by atoms with Gasteiger partial charge in [0.25, 0.3) is 0 Å². The van der Waals surface area contributed by atoms with Gasteiger partial charge in [0.15, 0.2) is 0 Å². The van der Waals surface area contributed by atoms with Gasteiger partial charge < -0.3 is 4.42 Å². The lowest BCUT2D eigenvalue weighted by atomic mass is 9.69. The maximum atomic E-state index is 5.25. The predicted octanol–water partition coefficient (Wildman–Crippen LogP) is 3.03. The lowest BCUT2D eigenvalue weighted by Crippen LogP contribution is -2.19. The van der Waals surface area contributed by atoms with E-state index in [4.69, 9.17) is 4.42 Å². The fourth-order valence-electron chi connectivity index (χ4n) is 2.70. The first kappa shape index (κ1) is 5.87. The summed E-state index contributed by atoms with van der Waals surface area (Å²) < 4.78 is 5.25. The van der Waals surface area contributed by atoms with E-state index in [-0.39, 0.29) is 0 Å². The molecule has 1 fully saturated rings. The Kier molecular flexibility index (Phi) is 1.02. The highest BCUT2D eigenvalue weighted by molar-refractivity contribution is 5.34. The number of furan rings is 1. The van der Waals surface area contributed by atoms with Crippen molar-refractivity contribution in [2.24, 2.45) is 0 Å². The van der Waals surface area contributed by atoms with Crippen LogP contribution in [-0.4, -0.2) is 0 Å². The van der Waals surface area contributed by atoms with Crippen LogP contribution >= 0.6 is 0 Å². The van der Waals surface area contributed by atoms with Crippen LogP contribution in [0.1, 0.15) is 48.6 Å². The minimum absolute atomic E-state index is 0.841. The van der Waals surface area contributed by atoms with Crippen molar-refractivity contribution < 1.29 is 4.42 Å². The lowest BCUT2D eigenvalue weighted by molar-refractivity contribution is 0.361. The van der Waals surface area contributed by atoms with Gasteiger partial charge in [-0.25, -0.2) is 0 Å². The molecule has 1 nitrogen and oxygen atoms in total. The van der Waals surface area contributed by atoms with Crippen LogP contribution in [0.2, 0.25) is 0 Å². The first-order valence-electron chi connectivity index (χ1n) is 4.51.